The van der Waals surface area contributed by atoms with Gasteiger partial charge in [0.05, 0.1) is 35.0 Å². The zero-order valence-corrected chi connectivity index (χ0v) is 25.0. The number of hydrogen-bond acceptors (Lipinski definition) is 8. The van der Waals surface area contributed by atoms with E-state index in [1.54, 1.807) is 35.4 Å². The Balaban J connectivity index is 1.84. The van der Waals surface area contributed by atoms with Gasteiger partial charge in [-0.3, -0.25) is 14.5 Å². The molecule has 0 radical (unpaired) electrons. The highest BCUT2D eigenvalue weighted by molar-refractivity contribution is 5.86. The van der Waals surface area contributed by atoms with E-state index in [0.29, 0.717) is 36.0 Å². The van der Waals surface area contributed by atoms with Gasteiger partial charge in [-0.1, -0.05) is 36.4 Å². The number of benzene rings is 3. The summed E-state index contributed by atoms with van der Waals surface area (Å²) >= 11 is 0. The monoisotopic (exact) mass is 576 g/mol. The molecule has 4 rings (SSSR count). The van der Waals surface area contributed by atoms with Crippen molar-refractivity contribution in [3.05, 3.63) is 82.9 Å². The molecule has 1 heterocycles. The Kier molecular flexibility index (Phi) is 10.7. The number of ether oxygens (including phenoxy) is 5. The highest BCUT2D eigenvalue weighted by Crippen LogP contribution is 2.42. The van der Waals surface area contributed by atoms with Crippen molar-refractivity contribution < 1.29 is 33.3 Å². The summed E-state index contributed by atoms with van der Waals surface area (Å²) in [6, 6.07) is 18.7. The molecule has 0 spiro atoms. The SMILES string of the molecule is CCOC(=O)CNC(=O)C(c1ccccc1)N1CCCc2cc(OC)c(OC)cc2C1Cc1ccc(OC)c(OC)c1. The minimum Gasteiger partial charge on any atom is -0.493 e. The Morgan fingerprint density at radius 1 is 0.881 bits per heavy atom. The van der Waals surface area contributed by atoms with Gasteiger partial charge in [0.15, 0.2) is 23.0 Å². The van der Waals surface area contributed by atoms with Gasteiger partial charge in [-0.05, 0) is 72.7 Å². The van der Waals surface area contributed by atoms with Crippen LogP contribution in [0.1, 0.15) is 47.7 Å². The first-order valence-electron chi connectivity index (χ1n) is 14.1. The van der Waals surface area contributed by atoms with Crippen molar-refractivity contribution in [1.82, 2.24) is 10.2 Å². The molecule has 0 saturated carbocycles. The maximum atomic E-state index is 13.9. The first-order valence-corrected chi connectivity index (χ1v) is 14.1. The summed E-state index contributed by atoms with van der Waals surface area (Å²) in [6.07, 6.45) is 2.21. The Labute approximate surface area is 247 Å². The first-order chi connectivity index (χ1) is 20.4. The highest BCUT2D eigenvalue weighted by atomic mass is 16.5. The van der Waals surface area contributed by atoms with Crippen molar-refractivity contribution in [2.45, 2.75) is 38.3 Å². The third-order valence-electron chi connectivity index (χ3n) is 7.55. The lowest BCUT2D eigenvalue weighted by atomic mass is 9.91. The topological polar surface area (TPSA) is 95.6 Å². The Morgan fingerprint density at radius 3 is 2.21 bits per heavy atom. The largest absolute Gasteiger partial charge is 0.493 e. The Morgan fingerprint density at radius 2 is 1.55 bits per heavy atom. The minimum absolute atomic E-state index is 0.203. The molecule has 0 bridgehead atoms. The molecular weight excluding hydrogens is 536 g/mol. The molecule has 0 aliphatic carbocycles. The molecule has 2 unspecified atom stereocenters. The number of aryl methyl sites for hydroxylation is 1. The van der Waals surface area contributed by atoms with Gasteiger partial charge in [0.2, 0.25) is 5.91 Å². The fraction of sp³-hybridized carbons (Fsp3) is 0.394. The summed E-state index contributed by atoms with van der Waals surface area (Å²) in [5.74, 6) is 1.83. The maximum Gasteiger partial charge on any atom is 0.325 e. The van der Waals surface area contributed by atoms with Crippen molar-refractivity contribution in [3.63, 3.8) is 0 Å². The van der Waals surface area contributed by atoms with Crippen LogP contribution in [0, 0.1) is 0 Å². The summed E-state index contributed by atoms with van der Waals surface area (Å²) < 4.78 is 27.5. The van der Waals surface area contributed by atoms with Gasteiger partial charge in [-0.25, -0.2) is 0 Å². The van der Waals surface area contributed by atoms with Crippen molar-refractivity contribution >= 4 is 11.9 Å². The number of esters is 1. The minimum atomic E-state index is -0.662. The van der Waals surface area contributed by atoms with Gasteiger partial charge < -0.3 is 29.0 Å². The quantitative estimate of drug-likeness (QED) is 0.311. The number of methoxy groups -OCH3 is 4. The average molecular weight is 577 g/mol. The Hall–Kier alpha value is -4.24. The van der Waals surface area contributed by atoms with Crippen LogP contribution in [0.15, 0.2) is 60.7 Å². The van der Waals surface area contributed by atoms with Gasteiger partial charge in [-0.2, -0.15) is 0 Å². The lowest BCUT2D eigenvalue weighted by Crippen LogP contribution is -2.44. The molecule has 0 aromatic heterocycles. The lowest BCUT2D eigenvalue weighted by Gasteiger charge is -2.37. The summed E-state index contributed by atoms with van der Waals surface area (Å²) in [5, 5.41) is 2.83. The molecule has 1 aliphatic heterocycles. The van der Waals surface area contributed by atoms with E-state index in [0.717, 1.165) is 35.1 Å². The molecule has 3 aromatic carbocycles. The van der Waals surface area contributed by atoms with Gasteiger partial charge in [-0.15, -0.1) is 0 Å². The van der Waals surface area contributed by atoms with E-state index < -0.39 is 12.0 Å². The predicted molar refractivity (Wildman–Crippen MR) is 159 cm³/mol. The van der Waals surface area contributed by atoms with E-state index in [4.69, 9.17) is 23.7 Å². The zero-order chi connectivity index (χ0) is 30.1. The number of carbonyl (C=O) groups is 2. The Bertz CT molecular complexity index is 1360. The standard InChI is InChI=1S/C33H40N2O7/c1-6-42-31(36)21-34-33(37)32(23-11-8-7-9-12-23)35-16-10-13-24-19-29(40-4)30(41-5)20-25(24)26(35)17-22-14-15-27(38-2)28(18-22)39-3/h7-9,11-12,14-15,18-20,26,32H,6,10,13,16-17,21H2,1-5H3,(H,34,37). The van der Waals surface area contributed by atoms with Crippen LogP contribution in [-0.2, 0) is 27.2 Å². The van der Waals surface area contributed by atoms with E-state index in [1.807, 2.05) is 60.7 Å². The number of nitrogens with one attached hydrogen (secondary N) is 1. The molecule has 1 N–H and O–H groups in total. The van der Waals surface area contributed by atoms with Gasteiger partial charge in [0, 0.05) is 12.6 Å². The van der Waals surface area contributed by atoms with Crippen LogP contribution in [0.2, 0.25) is 0 Å². The van der Waals surface area contributed by atoms with E-state index >= 15 is 0 Å². The van der Waals surface area contributed by atoms with Crippen molar-refractivity contribution in [1.29, 1.82) is 0 Å². The van der Waals surface area contributed by atoms with Crippen LogP contribution < -0.4 is 24.3 Å². The van der Waals surface area contributed by atoms with Gasteiger partial charge >= 0.3 is 5.97 Å². The van der Waals surface area contributed by atoms with Crippen molar-refractivity contribution in [2.24, 2.45) is 0 Å². The molecule has 1 amide bonds. The van der Waals surface area contributed by atoms with E-state index in [-0.39, 0.29) is 25.1 Å². The second-order valence-electron chi connectivity index (χ2n) is 9.99. The molecule has 2 atom stereocenters. The van der Waals surface area contributed by atoms with Crippen LogP contribution in [0.4, 0.5) is 0 Å². The smallest absolute Gasteiger partial charge is 0.325 e. The summed E-state index contributed by atoms with van der Waals surface area (Å²) in [5.41, 5.74) is 4.04. The van der Waals surface area contributed by atoms with Gasteiger partial charge in [0.1, 0.15) is 12.6 Å². The lowest BCUT2D eigenvalue weighted by molar-refractivity contribution is -0.144. The summed E-state index contributed by atoms with van der Waals surface area (Å²) in [7, 11) is 6.48. The number of rotatable bonds is 12. The van der Waals surface area contributed by atoms with Crippen molar-refractivity contribution in [2.75, 3.05) is 48.1 Å². The molecule has 42 heavy (non-hydrogen) atoms. The third kappa shape index (κ3) is 6.97. The number of fused-ring (bicyclic) bond motifs is 1. The molecule has 0 saturated heterocycles. The maximum absolute atomic E-state index is 13.9. The summed E-state index contributed by atoms with van der Waals surface area (Å²) in [4.78, 5) is 28.3. The number of carbonyl (C=O) groups excluding carboxylic acids is 2. The molecule has 224 valence electrons. The van der Waals surface area contributed by atoms with Gasteiger partial charge in [0.25, 0.3) is 0 Å². The molecule has 3 aromatic rings. The molecule has 9 heteroatoms. The number of nitrogens with zero attached hydrogens (tertiary/aromatic N) is 1. The second kappa shape index (κ2) is 14.6. The van der Waals surface area contributed by atoms with Crippen LogP contribution >= 0.6 is 0 Å². The number of amides is 1. The highest BCUT2D eigenvalue weighted by Gasteiger charge is 2.37. The first kappa shape index (κ1) is 30.7. The normalized spacial score (nSPS) is 15.5. The molecule has 0 fully saturated rings. The van der Waals surface area contributed by atoms with Crippen LogP contribution in [0.25, 0.3) is 0 Å². The van der Waals surface area contributed by atoms with E-state index in [2.05, 4.69) is 10.2 Å². The second-order valence-corrected chi connectivity index (χ2v) is 9.99. The average Bonchev–Trinajstić information content (AvgIpc) is 3.18. The van der Waals surface area contributed by atoms with E-state index in [9.17, 15) is 9.59 Å². The van der Waals surface area contributed by atoms with Crippen LogP contribution in [0.5, 0.6) is 23.0 Å². The fourth-order valence-corrected chi connectivity index (χ4v) is 5.61. The van der Waals surface area contributed by atoms with Crippen LogP contribution in [-0.4, -0.2) is 64.9 Å². The van der Waals surface area contributed by atoms with Crippen LogP contribution in [0.3, 0.4) is 0 Å². The van der Waals surface area contributed by atoms with E-state index in [1.165, 1.54) is 0 Å². The molecule has 9 nitrogen and oxygen atoms in total. The predicted octanol–water partition coefficient (Wildman–Crippen LogP) is 4.67. The number of hydrogen-bond donors (Lipinski definition) is 1. The zero-order valence-electron chi connectivity index (χ0n) is 25.0. The third-order valence-corrected chi connectivity index (χ3v) is 7.55. The fourth-order valence-electron chi connectivity index (χ4n) is 5.61. The molecule has 1 aliphatic rings. The molecular formula is C33H40N2O7. The summed E-state index contributed by atoms with van der Waals surface area (Å²) in [6.45, 7) is 2.43. The van der Waals surface area contributed by atoms with Crippen molar-refractivity contribution in [3.8, 4) is 23.0 Å².